The number of rotatable bonds is 9. The smallest absolute Gasteiger partial charge is 0.0765 e. The highest BCUT2D eigenvalue weighted by Gasteiger charge is 2.15. The number of aryl methyl sites for hydroxylation is 1. The maximum Gasteiger partial charge on any atom is 0.0765 e. The van der Waals surface area contributed by atoms with E-state index in [1.165, 1.54) is 51.7 Å². The predicted molar refractivity (Wildman–Crippen MR) is 121 cm³/mol. The summed E-state index contributed by atoms with van der Waals surface area (Å²) in [5, 5.41) is 5.21. The number of benzene rings is 1. The number of likely N-dealkylation sites (tertiary alicyclic amines) is 1. The second-order valence-electron chi connectivity index (χ2n) is 8.48. The van der Waals surface area contributed by atoms with Crippen molar-refractivity contribution in [3.8, 4) is 0 Å². The molecular formula is C23H39N5O. The molecule has 0 saturated carbocycles. The maximum atomic E-state index is 6.33. The molecule has 3 rings (SSSR count). The zero-order valence-corrected chi connectivity index (χ0v) is 18.0. The normalized spacial score (nSPS) is 21.2. The highest BCUT2D eigenvalue weighted by molar-refractivity contribution is 5.67. The molecule has 1 atom stereocenters. The fourth-order valence-corrected chi connectivity index (χ4v) is 4.30. The first kappa shape index (κ1) is 21.9. The number of hydrazine groups is 1. The predicted octanol–water partition coefficient (Wildman–Crippen LogP) is 3.28. The van der Waals surface area contributed by atoms with Crippen molar-refractivity contribution >= 4 is 11.4 Å². The van der Waals surface area contributed by atoms with E-state index in [0.29, 0.717) is 12.2 Å². The SMILES string of the molecule is Cc1cc(NCCCN2CCCCC2)ccc1/C(N)=C/N(N)CC1CCCCO1. The van der Waals surface area contributed by atoms with Crippen LogP contribution < -0.4 is 16.9 Å². The molecule has 0 radical (unpaired) electrons. The van der Waals surface area contributed by atoms with Crippen LogP contribution in [0.5, 0.6) is 0 Å². The minimum atomic E-state index is 0.204. The molecule has 2 fully saturated rings. The van der Waals surface area contributed by atoms with Crippen molar-refractivity contribution in [2.45, 2.75) is 58.0 Å². The van der Waals surface area contributed by atoms with Crippen molar-refractivity contribution in [2.75, 3.05) is 44.6 Å². The van der Waals surface area contributed by atoms with Gasteiger partial charge in [0.15, 0.2) is 0 Å². The Balaban J connectivity index is 1.45. The van der Waals surface area contributed by atoms with Gasteiger partial charge in [0.1, 0.15) is 0 Å². The number of nitrogens with one attached hydrogen (secondary N) is 1. The van der Waals surface area contributed by atoms with Gasteiger partial charge >= 0.3 is 0 Å². The van der Waals surface area contributed by atoms with Crippen LogP contribution in [0.4, 0.5) is 5.69 Å². The molecule has 0 aromatic heterocycles. The Morgan fingerprint density at radius 2 is 2.07 bits per heavy atom. The van der Waals surface area contributed by atoms with E-state index in [1.807, 2.05) is 6.20 Å². The molecule has 29 heavy (non-hydrogen) atoms. The van der Waals surface area contributed by atoms with E-state index >= 15 is 0 Å². The molecule has 6 heteroatoms. The van der Waals surface area contributed by atoms with Gasteiger partial charge in [-0.1, -0.05) is 12.5 Å². The number of piperidine rings is 1. The average Bonchev–Trinajstić information content (AvgIpc) is 2.72. The van der Waals surface area contributed by atoms with E-state index in [1.54, 1.807) is 5.01 Å². The molecule has 2 heterocycles. The van der Waals surface area contributed by atoms with Crippen LogP contribution in [0.1, 0.15) is 56.1 Å². The molecule has 0 aliphatic carbocycles. The quantitative estimate of drug-likeness (QED) is 0.335. The lowest BCUT2D eigenvalue weighted by Crippen LogP contribution is -2.37. The molecule has 5 N–H and O–H groups in total. The summed E-state index contributed by atoms with van der Waals surface area (Å²) in [6.07, 6.45) is 10.7. The third kappa shape index (κ3) is 7.21. The molecule has 162 valence electrons. The number of hydrogen-bond acceptors (Lipinski definition) is 6. The molecule has 6 nitrogen and oxygen atoms in total. The van der Waals surface area contributed by atoms with Crippen molar-refractivity contribution in [1.82, 2.24) is 9.91 Å². The highest BCUT2D eigenvalue weighted by atomic mass is 16.5. The lowest BCUT2D eigenvalue weighted by molar-refractivity contribution is 0.00166. The third-order valence-corrected chi connectivity index (χ3v) is 5.96. The van der Waals surface area contributed by atoms with E-state index in [4.69, 9.17) is 16.3 Å². The van der Waals surface area contributed by atoms with Crippen LogP contribution in [0.2, 0.25) is 0 Å². The second-order valence-corrected chi connectivity index (χ2v) is 8.48. The number of ether oxygens (including phenoxy) is 1. The Hall–Kier alpha value is -1.76. The van der Waals surface area contributed by atoms with Crippen LogP contribution in [0.15, 0.2) is 24.4 Å². The van der Waals surface area contributed by atoms with Crippen LogP contribution in [0.25, 0.3) is 5.70 Å². The molecule has 2 saturated heterocycles. The van der Waals surface area contributed by atoms with Gasteiger partial charge in [0.25, 0.3) is 0 Å². The topological polar surface area (TPSA) is 79.8 Å². The number of nitrogens with two attached hydrogens (primary N) is 2. The van der Waals surface area contributed by atoms with Crippen molar-refractivity contribution in [1.29, 1.82) is 0 Å². The number of anilines is 1. The zero-order valence-electron chi connectivity index (χ0n) is 18.0. The first-order valence-corrected chi connectivity index (χ1v) is 11.3. The molecule has 2 aliphatic rings. The van der Waals surface area contributed by atoms with Gasteiger partial charge in [-0.2, -0.15) is 0 Å². The minimum Gasteiger partial charge on any atom is -0.397 e. The summed E-state index contributed by atoms with van der Waals surface area (Å²) in [7, 11) is 0. The van der Waals surface area contributed by atoms with Crippen LogP contribution in [-0.2, 0) is 4.74 Å². The summed E-state index contributed by atoms with van der Waals surface area (Å²) in [6.45, 7) is 8.34. The van der Waals surface area contributed by atoms with Gasteiger partial charge in [-0.25, -0.2) is 5.84 Å². The van der Waals surface area contributed by atoms with Gasteiger partial charge in [0, 0.05) is 30.6 Å². The zero-order chi connectivity index (χ0) is 20.5. The molecule has 0 amide bonds. The highest BCUT2D eigenvalue weighted by Crippen LogP contribution is 2.20. The van der Waals surface area contributed by atoms with Crippen LogP contribution >= 0.6 is 0 Å². The van der Waals surface area contributed by atoms with Gasteiger partial charge in [-0.15, -0.1) is 0 Å². The monoisotopic (exact) mass is 401 g/mol. The molecule has 1 aromatic carbocycles. The average molecular weight is 402 g/mol. The van der Waals surface area contributed by atoms with Gasteiger partial charge in [0.2, 0.25) is 0 Å². The Morgan fingerprint density at radius 1 is 1.24 bits per heavy atom. The summed E-state index contributed by atoms with van der Waals surface area (Å²) in [6, 6.07) is 6.36. The lowest BCUT2D eigenvalue weighted by atomic mass is 10.1. The Labute approximate surface area is 176 Å². The Bertz CT molecular complexity index is 651. The van der Waals surface area contributed by atoms with Crippen molar-refractivity contribution in [3.05, 3.63) is 35.5 Å². The van der Waals surface area contributed by atoms with Crippen LogP contribution in [0.3, 0.4) is 0 Å². The van der Waals surface area contributed by atoms with Crippen molar-refractivity contribution in [3.63, 3.8) is 0 Å². The maximum absolute atomic E-state index is 6.33. The van der Waals surface area contributed by atoms with E-state index in [2.05, 4.69) is 35.3 Å². The van der Waals surface area contributed by atoms with E-state index < -0.39 is 0 Å². The van der Waals surface area contributed by atoms with E-state index in [-0.39, 0.29) is 6.10 Å². The first-order valence-electron chi connectivity index (χ1n) is 11.3. The Morgan fingerprint density at radius 3 is 2.79 bits per heavy atom. The lowest BCUT2D eigenvalue weighted by Gasteiger charge is -2.26. The standard InChI is InChI=1S/C23H39N5O/c1-19-16-20(26-11-7-14-27-12-4-2-5-13-27)9-10-22(19)23(24)18-28(25)17-21-8-3-6-15-29-21/h9-10,16,18,21,26H,2-8,11-15,17,24-25H2,1H3/b23-18-. The van der Waals surface area contributed by atoms with Gasteiger partial charge in [-0.05, 0) is 82.8 Å². The van der Waals surface area contributed by atoms with Crippen LogP contribution in [0, 0.1) is 6.92 Å². The van der Waals surface area contributed by atoms with Gasteiger partial charge in [-0.3, -0.25) is 0 Å². The molecule has 0 spiro atoms. The Kier molecular flexibility index (Phi) is 8.65. The van der Waals surface area contributed by atoms with Crippen LogP contribution in [-0.4, -0.2) is 55.3 Å². The summed E-state index contributed by atoms with van der Waals surface area (Å²) >= 11 is 0. The summed E-state index contributed by atoms with van der Waals surface area (Å²) in [4.78, 5) is 2.59. The first-order chi connectivity index (χ1) is 14.1. The minimum absolute atomic E-state index is 0.204. The fraction of sp³-hybridized carbons (Fsp3) is 0.652. The molecule has 2 aliphatic heterocycles. The largest absolute Gasteiger partial charge is 0.397 e. The van der Waals surface area contributed by atoms with Crippen molar-refractivity contribution < 1.29 is 4.74 Å². The molecule has 1 unspecified atom stereocenters. The second kappa shape index (κ2) is 11.4. The molecule has 1 aromatic rings. The third-order valence-electron chi connectivity index (χ3n) is 5.96. The summed E-state index contributed by atoms with van der Waals surface area (Å²) in [5.41, 5.74) is 10.4. The van der Waals surface area contributed by atoms with E-state index in [9.17, 15) is 0 Å². The number of hydrogen-bond donors (Lipinski definition) is 3. The summed E-state index contributed by atoms with van der Waals surface area (Å²) in [5.74, 6) is 6.15. The molecule has 0 bridgehead atoms. The molecular weight excluding hydrogens is 362 g/mol. The fourth-order valence-electron chi connectivity index (χ4n) is 4.30. The number of nitrogens with zero attached hydrogens (tertiary/aromatic N) is 2. The van der Waals surface area contributed by atoms with Gasteiger partial charge < -0.3 is 25.7 Å². The van der Waals surface area contributed by atoms with E-state index in [0.717, 1.165) is 42.8 Å². The summed E-state index contributed by atoms with van der Waals surface area (Å²) < 4.78 is 5.76. The van der Waals surface area contributed by atoms with Gasteiger partial charge in [0.05, 0.1) is 18.3 Å². The van der Waals surface area contributed by atoms with Crippen molar-refractivity contribution in [2.24, 2.45) is 11.6 Å².